The quantitative estimate of drug-likeness (QED) is 0.487. The number of imide groups is 1. The van der Waals surface area contributed by atoms with Gasteiger partial charge < -0.3 is 5.32 Å². The molecule has 1 saturated heterocycles. The fraction of sp³-hybridized carbons (Fsp3) is 0.500. The van der Waals surface area contributed by atoms with Crippen LogP contribution >= 0.6 is 31.9 Å². The molecule has 150 valence electrons. The summed E-state index contributed by atoms with van der Waals surface area (Å²) < 4.78 is 38.4. The number of benzene rings is 1. The summed E-state index contributed by atoms with van der Waals surface area (Å²) in [5.74, 6) is -2.25. The first-order valence-corrected chi connectivity index (χ1v) is 10.5. The van der Waals surface area contributed by atoms with Crippen LogP contribution in [0.25, 0.3) is 0 Å². The molecule has 2 saturated carbocycles. The SMILES string of the molecule is O=C(CN1C(=O)[C@@H]2[C@H]3C[C@@H]([C@H](Br)[C@H]3Br)[C@H]2C1=O)Nc1cccc(C(F)(F)F)c1. The van der Waals surface area contributed by atoms with Gasteiger partial charge in [0.25, 0.3) is 0 Å². The average Bonchev–Trinajstić information content (AvgIpc) is 3.22. The molecule has 0 unspecified atom stereocenters. The molecule has 28 heavy (non-hydrogen) atoms. The number of likely N-dealkylation sites (tertiary alicyclic amines) is 1. The fourth-order valence-electron chi connectivity index (χ4n) is 4.68. The van der Waals surface area contributed by atoms with Crippen molar-refractivity contribution in [2.24, 2.45) is 23.7 Å². The second kappa shape index (κ2) is 6.83. The Bertz CT molecular complexity index is 831. The van der Waals surface area contributed by atoms with Crippen molar-refractivity contribution in [2.75, 3.05) is 11.9 Å². The first-order chi connectivity index (χ1) is 13.1. The monoisotopic (exact) mass is 522 g/mol. The molecular formula is C18H15Br2F3N2O3. The van der Waals surface area contributed by atoms with Crippen molar-refractivity contribution < 1.29 is 27.6 Å². The number of hydrogen-bond acceptors (Lipinski definition) is 3. The Labute approximate surface area is 175 Å². The van der Waals surface area contributed by atoms with Gasteiger partial charge in [-0.15, -0.1) is 0 Å². The highest BCUT2D eigenvalue weighted by Gasteiger charge is 2.66. The van der Waals surface area contributed by atoms with Gasteiger partial charge in [-0.05, 0) is 36.5 Å². The van der Waals surface area contributed by atoms with Gasteiger partial charge in [0.1, 0.15) is 6.54 Å². The number of halogens is 5. The highest BCUT2D eigenvalue weighted by atomic mass is 79.9. The summed E-state index contributed by atoms with van der Waals surface area (Å²) in [6.45, 7) is -0.500. The molecule has 1 heterocycles. The zero-order chi connectivity index (χ0) is 20.4. The van der Waals surface area contributed by atoms with Gasteiger partial charge in [0.2, 0.25) is 17.7 Å². The lowest BCUT2D eigenvalue weighted by atomic mass is 9.81. The van der Waals surface area contributed by atoms with Crippen LogP contribution in [-0.2, 0) is 20.6 Å². The molecule has 3 amide bonds. The molecule has 6 atom stereocenters. The maximum Gasteiger partial charge on any atom is 0.416 e. The molecule has 5 nitrogen and oxygen atoms in total. The number of anilines is 1. The van der Waals surface area contributed by atoms with E-state index in [9.17, 15) is 27.6 Å². The van der Waals surface area contributed by atoms with Crippen LogP contribution in [0.4, 0.5) is 18.9 Å². The molecule has 0 spiro atoms. The maximum atomic E-state index is 12.8. The first-order valence-electron chi connectivity index (χ1n) is 8.70. The molecule has 1 aliphatic heterocycles. The number of amides is 3. The summed E-state index contributed by atoms with van der Waals surface area (Å²) in [6.07, 6.45) is -3.75. The Hall–Kier alpha value is -1.42. The molecule has 0 radical (unpaired) electrons. The third-order valence-electron chi connectivity index (χ3n) is 5.85. The predicted octanol–water partition coefficient (Wildman–Crippen LogP) is 3.42. The number of rotatable bonds is 3. The topological polar surface area (TPSA) is 66.5 Å². The molecule has 1 aromatic rings. The molecule has 0 aromatic heterocycles. The van der Waals surface area contributed by atoms with E-state index in [0.717, 1.165) is 23.5 Å². The number of fused-ring (bicyclic) bond motifs is 5. The number of hydrogen-bond donors (Lipinski definition) is 1. The van der Waals surface area contributed by atoms with Gasteiger partial charge in [0.05, 0.1) is 17.4 Å². The van der Waals surface area contributed by atoms with Crippen LogP contribution in [0, 0.1) is 23.7 Å². The van der Waals surface area contributed by atoms with Gasteiger partial charge in [-0.1, -0.05) is 37.9 Å². The number of carbonyl (C=O) groups excluding carboxylic acids is 3. The second-order valence-corrected chi connectivity index (χ2v) is 9.51. The highest BCUT2D eigenvalue weighted by molar-refractivity contribution is 9.12. The van der Waals surface area contributed by atoms with Crippen molar-refractivity contribution in [3.63, 3.8) is 0 Å². The van der Waals surface area contributed by atoms with E-state index < -0.39 is 36.0 Å². The summed E-state index contributed by atoms with van der Waals surface area (Å²) in [5, 5.41) is 2.34. The van der Waals surface area contributed by atoms with Crippen LogP contribution in [-0.4, -0.2) is 38.8 Å². The summed E-state index contributed by atoms with van der Waals surface area (Å²) in [7, 11) is 0. The van der Waals surface area contributed by atoms with E-state index in [1.54, 1.807) is 0 Å². The van der Waals surface area contributed by atoms with Gasteiger partial charge in [-0.3, -0.25) is 19.3 Å². The second-order valence-electron chi connectivity index (χ2n) is 7.39. The minimum absolute atomic E-state index is 0.0346. The lowest BCUT2D eigenvalue weighted by Gasteiger charge is -2.28. The maximum absolute atomic E-state index is 12.8. The number of nitrogens with one attached hydrogen (secondary N) is 1. The van der Waals surface area contributed by atoms with Crippen LogP contribution in [0.1, 0.15) is 12.0 Å². The Balaban J connectivity index is 1.46. The van der Waals surface area contributed by atoms with Crippen molar-refractivity contribution in [1.82, 2.24) is 4.90 Å². The van der Waals surface area contributed by atoms with Gasteiger partial charge in [-0.25, -0.2) is 0 Å². The van der Waals surface area contributed by atoms with Crippen LogP contribution in [0.3, 0.4) is 0 Å². The van der Waals surface area contributed by atoms with E-state index in [0.29, 0.717) is 0 Å². The van der Waals surface area contributed by atoms with E-state index in [-0.39, 0.29) is 39.0 Å². The number of alkyl halides is 5. The molecule has 1 aromatic carbocycles. The van der Waals surface area contributed by atoms with Crippen LogP contribution < -0.4 is 5.32 Å². The van der Waals surface area contributed by atoms with Crippen molar-refractivity contribution in [1.29, 1.82) is 0 Å². The van der Waals surface area contributed by atoms with E-state index >= 15 is 0 Å². The van der Waals surface area contributed by atoms with Gasteiger partial charge in [0, 0.05) is 15.3 Å². The van der Waals surface area contributed by atoms with Crippen molar-refractivity contribution in [3.8, 4) is 0 Å². The van der Waals surface area contributed by atoms with Gasteiger partial charge >= 0.3 is 6.18 Å². The molecule has 3 aliphatic rings. The number of nitrogens with zero attached hydrogens (tertiary/aromatic N) is 1. The van der Waals surface area contributed by atoms with Crippen molar-refractivity contribution >= 4 is 55.3 Å². The third kappa shape index (κ3) is 3.08. The molecule has 10 heteroatoms. The average molecular weight is 524 g/mol. The van der Waals surface area contributed by atoms with E-state index in [1.165, 1.54) is 12.1 Å². The largest absolute Gasteiger partial charge is 0.416 e. The van der Waals surface area contributed by atoms with E-state index in [4.69, 9.17) is 0 Å². The van der Waals surface area contributed by atoms with Crippen molar-refractivity contribution in [3.05, 3.63) is 29.8 Å². The van der Waals surface area contributed by atoms with E-state index in [2.05, 4.69) is 37.2 Å². The molecule has 4 rings (SSSR count). The summed E-state index contributed by atoms with van der Waals surface area (Å²) in [5.41, 5.74) is -0.934. The minimum Gasteiger partial charge on any atom is -0.325 e. The van der Waals surface area contributed by atoms with Crippen LogP contribution in [0.2, 0.25) is 0 Å². The van der Waals surface area contributed by atoms with Crippen molar-refractivity contribution in [2.45, 2.75) is 22.3 Å². The minimum atomic E-state index is -4.53. The smallest absolute Gasteiger partial charge is 0.325 e. The summed E-state index contributed by atoms with van der Waals surface area (Å²) >= 11 is 7.16. The van der Waals surface area contributed by atoms with Crippen LogP contribution in [0.15, 0.2) is 24.3 Å². The molecule has 1 N–H and O–H groups in total. The summed E-state index contributed by atoms with van der Waals surface area (Å²) in [6, 6.07) is 4.21. The fourth-order valence-corrected chi connectivity index (χ4v) is 6.56. The standard InChI is InChI=1S/C18H15Br2F3N2O3/c19-14-9-5-10(15(14)20)13-12(9)16(27)25(17(13)28)6-11(26)24-8-3-1-2-7(4-8)18(21,22)23/h1-4,9-10,12-15H,5-6H2,(H,24,26)/t9-,10-,12-,13-,14+,15+/m1/s1. The normalized spacial score (nSPS) is 34.1. The summed E-state index contributed by atoms with van der Waals surface area (Å²) in [4.78, 5) is 38.9. The van der Waals surface area contributed by atoms with Gasteiger partial charge in [-0.2, -0.15) is 13.2 Å². The zero-order valence-electron chi connectivity index (χ0n) is 14.2. The lowest BCUT2D eigenvalue weighted by molar-refractivity contribution is -0.143. The van der Waals surface area contributed by atoms with E-state index in [1.807, 2.05) is 0 Å². The highest BCUT2D eigenvalue weighted by Crippen LogP contribution is 2.60. The first kappa shape index (κ1) is 19.9. The Morgan fingerprint density at radius 2 is 1.68 bits per heavy atom. The van der Waals surface area contributed by atoms with Crippen LogP contribution in [0.5, 0.6) is 0 Å². The Morgan fingerprint density at radius 3 is 2.21 bits per heavy atom. The molecular weight excluding hydrogens is 509 g/mol. The zero-order valence-corrected chi connectivity index (χ0v) is 17.4. The Morgan fingerprint density at radius 1 is 1.11 bits per heavy atom. The number of carbonyl (C=O) groups is 3. The van der Waals surface area contributed by atoms with Gasteiger partial charge in [0.15, 0.2) is 0 Å². The molecule has 3 fully saturated rings. The third-order valence-corrected chi connectivity index (χ3v) is 9.06. The molecule has 2 aliphatic carbocycles. The Kier molecular flexibility index (Phi) is 4.85. The lowest BCUT2D eigenvalue weighted by Crippen LogP contribution is -2.39. The predicted molar refractivity (Wildman–Crippen MR) is 101 cm³/mol. The molecule has 2 bridgehead atoms.